The summed E-state index contributed by atoms with van der Waals surface area (Å²) in [6.07, 6.45) is 1.69. The van der Waals surface area contributed by atoms with E-state index in [1.54, 1.807) is 0 Å². The predicted octanol–water partition coefficient (Wildman–Crippen LogP) is 0.812. The Hall–Kier alpha value is -1.86. The van der Waals surface area contributed by atoms with Crippen molar-refractivity contribution in [3.05, 3.63) is 28.0 Å². The Balaban J connectivity index is 1.80. The van der Waals surface area contributed by atoms with Gasteiger partial charge in [0.05, 0.1) is 17.1 Å². The van der Waals surface area contributed by atoms with Crippen LogP contribution in [0.2, 0.25) is 10.2 Å². The zero-order valence-corrected chi connectivity index (χ0v) is 12.2. The van der Waals surface area contributed by atoms with E-state index in [9.17, 15) is 14.4 Å². The second kappa shape index (κ2) is 4.85. The normalized spacial score (nSPS) is 24.4. The van der Waals surface area contributed by atoms with Crippen molar-refractivity contribution >= 4 is 41.0 Å². The quantitative estimate of drug-likeness (QED) is 0.589. The summed E-state index contributed by atoms with van der Waals surface area (Å²) >= 11 is 11.6. The minimum Gasteiger partial charge on any atom is -0.336 e. The summed E-state index contributed by atoms with van der Waals surface area (Å²) in [5.74, 6) is -0.720. The molecule has 2 fully saturated rings. The van der Waals surface area contributed by atoms with Crippen LogP contribution >= 0.6 is 23.2 Å². The lowest BCUT2D eigenvalue weighted by molar-refractivity contribution is -0.123. The van der Waals surface area contributed by atoms with Gasteiger partial charge in [0.15, 0.2) is 0 Å². The second-order valence-corrected chi connectivity index (χ2v) is 5.73. The number of urea groups is 1. The summed E-state index contributed by atoms with van der Waals surface area (Å²) in [4.78, 5) is 40.8. The number of nitrogens with zero attached hydrogens (tertiary/aromatic N) is 2. The van der Waals surface area contributed by atoms with Crippen molar-refractivity contribution in [3.8, 4) is 0 Å². The van der Waals surface area contributed by atoms with Gasteiger partial charge < -0.3 is 10.2 Å². The molecule has 1 aromatic rings. The number of nitrogens with one attached hydrogen (secondary N) is 2. The molecule has 2 N–H and O–H groups in total. The highest BCUT2D eigenvalue weighted by Crippen LogP contribution is 2.27. The first kappa shape index (κ1) is 14.1. The maximum Gasteiger partial charge on any atom is 0.322 e. The van der Waals surface area contributed by atoms with Crippen molar-refractivity contribution in [2.45, 2.75) is 12.0 Å². The standard InChI is InChI=1S/C12H10Cl2N4O3/c13-7-3-6(4-15-8(7)14)9(19)18-2-1-12(5-18)10(20)16-11(21)17-12/h3-4H,1-2,5H2,(H2,16,17,20,21). The summed E-state index contributed by atoms with van der Waals surface area (Å²) < 4.78 is 0. The SMILES string of the molecule is O=C1NC(=O)C2(CCN(C(=O)c3cnc(Cl)c(Cl)c3)C2)N1. The maximum atomic E-state index is 12.4. The third kappa shape index (κ3) is 2.32. The van der Waals surface area contributed by atoms with Gasteiger partial charge in [-0.2, -0.15) is 0 Å². The van der Waals surface area contributed by atoms with E-state index in [4.69, 9.17) is 23.2 Å². The molecule has 0 aromatic carbocycles. The van der Waals surface area contributed by atoms with Crippen molar-refractivity contribution < 1.29 is 14.4 Å². The van der Waals surface area contributed by atoms with Gasteiger partial charge in [0.25, 0.3) is 11.8 Å². The molecule has 3 rings (SSSR count). The lowest BCUT2D eigenvalue weighted by Gasteiger charge is -2.21. The highest BCUT2D eigenvalue weighted by atomic mass is 35.5. The number of carbonyl (C=O) groups excluding carboxylic acids is 3. The minimum atomic E-state index is -1.03. The Morgan fingerprint density at radius 2 is 2.14 bits per heavy atom. The number of hydrogen-bond acceptors (Lipinski definition) is 4. The van der Waals surface area contributed by atoms with Gasteiger partial charge in [0, 0.05) is 12.7 Å². The van der Waals surface area contributed by atoms with Gasteiger partial charge in [-0.15, -0.1) is 0 Å². The molecule has 1 unspecified atom stereocenters. The Labute approximate surface area is 129 Å². The molecular formula is C12H10Cl2N4O3. The predicted molar refractivity (Wildman–Crippen MR) is 74.2 cm³/mol. The van der Waals surface area contributed by atoms with Gasteiger partial charge in [0.1, 0.15) is 10.7 Å². The van der Waals surface area contributed by atoms with Gasteiger partial charge in [-0.25, -0.2) is 9.78 Å². The first-order valence-corrected chi connectivity index (χ1v) is 6.91. The van der Waals surface area contributed by atoms with E-state index in [0.717, 1.165) is 0 Å². The fraction of sp³-hybridized carbons (Fsp3) is 0.333. The molecule has 7 nitrogen and oxygen atoms in total. The molecule has 0 saturated carbocycles. The highest BCUT2D eigenvalue weighted by Gasteiger charge is 2.51. The van der Waals surface area contributed by atoms with Crippen LogP contribution in [0.3, 0.4) is 0 Å². The molecule has 4 amide bonds. The molecule has 0 radical (unpaired) electrons. The zero-order valence-electron chi connectivity index (χ0n) is 10.7. The van der Waals surface area contributed by atoms with E-state index >= 15 is 0 Å². The van der Waals surface area contributed by atoms with Crippen LogP contribution in [-0.4, -0.2) is 46.4 Å². The number of imide groups is 1. The Bertz CT molecular complexity index is 666. The van der Waals surface area contributed by atoms with Crippen molar-refractivity contribution in [2.75, 3.05) is 13.1 Å². The van der Waals surface area contributed by atoms with Gasteiger partial charge in [-0.1, -0.05) is 23.2 Å². The number of amides is 4. The van der Waals surface area contributed by atoms with Crippen LogP contribution in [0.25, 0.3) is 0 Å². The van der Waals surface area contributed by atoms with Crippen LogP contribution in [-0.2, 0) is 4.79 Å². The number of pyridine rings is 1. The van der Waals surface area contributed by atoms with Crippen LogP contribution in [0.15, 0.2) is 12.3 Å². The van der Waals surface area contributed by atoms with Crippen LogP contribution in [0.5, 0.6) is 0 Å². The topological polar surface area (TPSA) is 91.4 Å². The monoisotopic (exact) mass is 328 g/mol. The van der Waals surface area contributed by atoms with E-state index in [2.05, 4.69) is 15.6 Å². The van der Waals surface area contributed by atoms with Gasteiger partial charge in [-0.05, 0) is 12.5 Å². The summed E-state index contributed by atoms with van der Waals surface area (Å²) in [5, 5.41) is 5.07. The third-order valence-electron chi connectivity index (χ3n) is 3.61. The van der Waals surface area contributed by atoms with Crippen molar-refractivity contribution in [1.29, 1.82) is 0 Å². The average Bonchev–Trinajstić information content (AvgIpc) is 2.97. The molecule has 1 aromatic heterocycles. The number of hydrogen-bond donors (Lipinski definition) is 2. The largest absolute Gasteiger partial charge is 0.336 e. The van der Waals surface area contributed by atoms with Gasteiger partial charge in [-0.3, -0.25) is 14.9 Å². The number of halogens is 2. The second-order valence-electron chi connectivity index (χ2n) is 4.96. The van der Waals surface area contributed by atoms with Gasteiger partial charge >= 0.3 is 6.03 Å². The van der Waals surface area contributed by atoms with E-state index in [0.29, 0.717) is 13.0 Å². The first-order chi connectivity index (χ1) is 9.91. The molecule has 2 saturated heterocycles. The fourth-order valence-corrected chi connectivity index (χ4v) is 2.79. The van der Waals surface area contributed by atoms with E-state index < -0.39 is 17.5 Å². The molecule has 0 bridgehead atoms. The molecule has 110 valence electrons. The van der Waals surface area contributed by atoms with E-state index in [1.165, 1.54) is 17.2 Å². The molecule has 21 heavy (non-hydrogen) atoms. The van der Waals surface area contributed by atoms with E-state index in [1.807, 2.05) is 0 Å². The molecule has 0 aliphatic carbocycles. The number of likely N-dealkylation sites (tertiary alicyclic amines) is 1. The summed E-state index contributed by atoms with van der Waals surface area (Å²) in [6, 6.07) is 0.892. The van der Waals surface area contributed by atoms with Crippen molar-refractivity contribution in [3.63, 3.8) is 0 Å². The summed E-state index contributed by atoms with van der Waals surface area (Å²) in [5.41, 5.74) is -0.748. The third-order valence-corrected chi connectivity index (χ3v) is 4.30. The Morgan fingerprint density at radius 3 is 2.76 bits per heavy atom. The van der Waals surface area contributed by atoms with Crippen LogP contribution in [0, 0.1) is 0 Å². The molecule has 2 aliphatic rings. The van der Waals surface area contributed by atoms with E-state index in [-0.39, 0.29) is 28.2 Å². The molecular weight excluding hydrogens is 319 g/mol. The Kier molecular flexibility index (Phi) is 3.26. The Morgan fingerprint density at radius 1 is 1.38 bits per heavy atom. The van der Waals surface area contributed by atoms with Gasteiger partial charge in [0.2, 0.25) is 0 Å². The zero-order chi connectivity index (χ0) is 15.2. The highest BCUT2D eigenvalue weighted by molar-refractivity contribution is 6.41. The van der Waals surface area contributed by atoms with Crippen LogP contribution in [0.4, 0.5) is 4.79 Å². The minimum absolute atomic E-state index is 0.115. The lowest BCUT2D eigenvalue weighted by atomic mass is 9.99. The van der Waals surface area contributed by atoms with Crippen LogP contribution in [0.1, 0.15) is 16.8 Å². The lowest BCUT2D eigenvalue weighted by Crippen LogP contribution is -2.49. The molecule has 1 atom stereocenters. The summed E-state index contributed by atoms with van der Waals surface area (Å²) in [7, 11) is 0. The first-order valence-electron chi connectivity index (χ1n) is 6.15. The molecule has 2 aliphatic heterocycles. The fourth-order valence-electron chi connectivity index (χ4n) is 2.52. The smallest absolute Gasteiger partial charge is 0.322 e. The maximum absolute atomic E-state index is 12.4. The molecule has 1 spiro atoms. The molecule has 3 heterocycles. The number of aromatic nitrogens is 1. The summed E-state index contributed by atoms with van der Waals surface area (Å²) in [6.45, 7) is 0.469. The van der Waals surface area contributed by atoms with Crippen molar-refractivity contribution in [1.82, 2.24) is 20.5 Å². The average molecular weight is 329 g/mol. The van der Waals surface area contributed by atoms with Crippen molar-refractivity contribution in [2.24, 2.45) is 0 Å². The number of carbonyl (C=O) groups is 3. The van der Waals surface area contributed by atoms with Crippen LogP contribution < -0.4 is 10.6 Å². The number of rotatable bonds is 1. The molecule has 9 heteroatoms.